The van der Waals surface area contributed by atoms with Crippen LogP contribution in [0.3, 0.4) is 0 Å². The smallest absolute Gasteiger partial charge is 0.256 e. The van der Waals surface area contributed by atoms with E-state index in [4.69, 9.17) is 4.74 Å². The highest BCUT2D eigenvalue weighted by molar-refractivity contribution is 5.97. The number of hydrogen-bond acceptors (Lipinski definition) is 3. The van der Waals surface area contributed by atoms with E-state index >= 15 is 0 Å². The van der Waals surface area contributed by atoms with Crippen molar-refractivity contribution in [3.8, 4) is 0 Å². The number of ether oxygens (including phenoxy) is 1. The standard InChI is InChI=1S/C16H19FN2O3/c1-3-22-8-4-7-18-16(21)13-10-19(2)14-6-5-11(17)9-12(14)15(13)20/h5-6,9-10H,3-4,7-8H2,1-2H3,(H,18,21). The second-order valence-electron chi connectivity index (χ2n) is 4.95. The minimum absolute atomic E-state index is 0.0111. The molecule has 0 saturated carbocycles. The molecule has 1 aromatic carbocycles. The Bertz CT molecular complexity index is 740. The maximum absolute atomic E-state index is 13.3. The number of aromatic nitrogens is 1. The summed E-state index contributed by atoms with van der Waals surface area (Å²) in [6.45, 7) is 3.50. The maximum atomic E-state index is 13.3. The minimum atomic E-state index is -0.501. The largest absolute Gasteiger partial charge is 0.382 e. The van der Waals surface area contributed by atoms with Crippen LogP contribution in [0.4, 0.5) is 4.39 Å². The van der Waals surface area contributed by atoms with Gasteiger partial charge in [-0.1, -0.05) is 0 Å². The van der Waals surface area contributed by atoms with Gasteiger partial charge in [0.15, 0.2) is 0 Å². The summed E-state index contributed by atoms with van der Waals surface area (Å²) in [5.41, 5.74) is 0.131. The van der Waals surface area contributed by atoms with E-state index in [9.17, 15) is 14.0 Å². The number of rotatable bonds is 6. The molecule has 0 spiro atoms. The molecule has 1 N–H and O–H groups in total. The predicted molar refractivity (Wildman–Crippen MR) is 82.6 cm³/mol. The topological polar surface area (TPSA) is 60.3 Å². The molecule has 0 saturated heterocycles. The zero-order valence-electron chi connectivity index (χ0n) is 12.7. The number of hydrogen-bond donors (Lipinski definition) is 1. The van der Waals surface area contributed by atoms with Crippen molar-refractivity contribution in [1.82, 2.24) is 9.88 Å². The lowest BCUT2D eigenvalue weighted by Crippen LogP contribution is -2.30. The molecule has 1 amide bonds. The number of fused-ring (bicyclic) bond motifs is 1. The summed E-state index contributed by atoms with van der Waals surface area (Å²) < 4.78 is 20.2. The lowest BCUT2D eigenvalue weighted by Gasteiger charge is -2.09. The first-order valence-electron chi connectivity index (χ1n) is 7.19. The molecule has 2 rings (SSSR count). The van der Waals surface area contributed by atoms with Crippen molar-refractivity contribution in [2.75, 3.05) is 19.8 Å². The van der Waals surface area contributed by atoms with Crippen LogP contribution in [0.1, 0.15) is 23.7 Å². The Labute approximate surface area is 127 Å². The second kappa shape index (κ2) is 7.17. The third-order valence-electron chi connectivity index (χ3n) is 3.35. The van der Waals surface area contributed by atoms with Crippen LogP contribution in [-0.2, 0) is 11.8 Å². The number of amides is 1. The van der Waals surface area contributed by atoms with E-state index < -0.39 is 17.2 Å². The van der Waals surface area contributed by atoms with Gasteiger partial charge in [0.25, 0.3) is 5.91 Å². The highest BCUT2D eigenvalue weighted by atomic mass is 19.1. The van der Waals surface area contributed by atoms with Gasteiger partial charge in [0.2, 0.25) is 5.43 Å². The van der Waals surface area contributed by atoms with Gasteiger partial charge in [0, 0.05) is 38.4 Å². The van der Waals surface area contributed by atoms with Crippen LogP contribution in [0.5, 0.6) is 0 Å². The van der Waals surface area contributed by atoms with Crippen molar-refractivity contribution >= 4 is 16.8 Å². The fourth-order valence-corrected chi connectivity index (χ4v) is 2.24. The quantitative estimate of drug-likeness (QED) is 0.828. The van der Waals surface area contributed by atoms with E-state index in [1.165, 1.54) is 18.3 Å². The number of carbonyl (C=O) groups excluding carboxylic acids is 1. The molecule has 0 bridgehead atoms. The first-order chi connectivity index (χ1) is 10.5. The molecule has 0 radical (unpaired) electrons. The molecule has 0 aliphatic rings. The van der Waals surface area contributed by atoms with Gasteiger partial charge in [0.1, 0.15) is 11.4 Å². The lowest BCUT2D eigenvalue weighted by molar-refractivity contribution is 0.0942. The van der Waals surface area contributed by atoms with E-state index in [1.54, 1.807) is 11.6 Å². The Morgan fingerprint density at radius 1 is 1.41 bits per heavy atom. The fourth-order valence-electron chi connectivity index (χ4n) is 2.24. The number of aryl methyl sites for hydroxylation is 1. The van der Waals surface area contributed by atoms with Gasteiger partial charge in [0.05, 0.1) is 5.52 Å². The van der Waals surface area contributed by atoms with Gasteiger partial charge in [-0.05, 0) is 31.5 Å². The van der Waals surface area contributed by atoms with E-state index in [0.29, 0.717) is 31.7 Å². The first-order valence-corrected chi connectivity index (χ1v) is 7.19. The normalized spacial score (nSPS) is 10.9. The first kappa shape index (κ1) is 16.2. The Balaban J connectivity index is 2.22. The van der Waals surface area contributed by atoms with Crippen LogP contribution in [0.2, 0.25) is 0 Å². The van der Waals surface area contributed by atoms with Gasteiger partial charge >= 0.3 is 0 Å². The molecule has 2 aromatic rings. The van der Waals surface area contributed by atoms with Crippen LogP contribution in [0.15, 0.2) is 29.2 Å². The van der Waals surface area contributed by atoms with Gasteiger partial charge in [-0.25, -0.2) is 4.39 Å². The summed E-state index contributed by atoms with van der Waals surface area (Å²) in [7, 11) is 1.71. The molecule has 0 fully saturated rings. The van der Waals surface area contributed by atoms with Crippen molar-refractivity contribution in [3.63, 3.8) is 0 Å². The van der Waals surface area contributed by atoms with Crippen LogP contribution < -0.4 is 10.7 Å². The average Bonchev–Trinajstić information content (AvgIpc) is 2.50. The van der Waals surface area contributed by atoms with Crippen LogP contribution in [0, 0.1) is 5.82 Å². The van der Waals surface area contributed by atoms with Gasteiger partial charge in [-0.2, -0.15) is 0 Å². The van der Waals surface area contributed by atoms with Crippen LogP contribution >= 0.6 is 0 Å². The molecule has 22 heavy (non-hydrogen) atoms. The second-order valence-corrected chi connectivity index (χ2v) is 4.95. The van der Waals surface area contributed by atoms with Crippen LogP contribution in [0.25, 0.3) is 10.9 Å². The summed E-state index contributed by atoms with van der Waals surface area (Å²) in [6, 6.07) is 3.97. The molecule has 0 aliphatic carbocycles. The number of carbonyl (C=O) groups is 1. The van der Waals surface area contributed by atoms with Crippen LogP contribution in [-0.4, -0.2) is 30.2 Å². The average molecular weight is 306 g/mol. The lowest BCUT2D eigenvalue weighted by atomic mass is 10.1. The summed E-state index contributed by atoms with van der Waals surface area (Å²) in [5.74, 6) is -0.956. The maximum Gasteiger partial charge on any atom is 0.256 e. The van der Waals surface area contributed by atoms with E-state index in [0.717, 1.165) is 6.07 Å². The van der Waals surface area contributed by atoms with E-state index in [-0.39, 0.29) is 10.9 Å². The molecular formula is C16H19FN2O3. The molecular weight excluding hydrogens is 287 g/mol. The Hall–Kier alpha value is -2.21. The molecule has 0 atom stereocenters. The third-order valence-corrected chi connectivity index (χ3v) is 3.35. The Morgan fingerprint density at radius 2 is 2.18 bits per heavy atom. The van der Waals surface area contributed by atoms with Crippen molar-refractivity contribution in [2.45, 2.75) is 13.3 Å². The zero-order valence-corrected chi connectivity index (χ0v) is 12.7. The highest BCUT2D eigenvalue weighted by Gasteiger charge is 2.14. The molecule has 5 nitrogen and oxygen atoms in total. The molecule has 6 heteroatoms. The van der Waals surface area contributed by atoms with Crippen molar-refractivity contribution < 1.29 is 13.9 Å². The number of pyridine rings is 1. The summed E-state index contributed by atoms with van der Waals surface area (Å²) >= 11 is 0. The number of nitrogens with one attached hydrogen (secondary N) is 1. The van der Waals surface area contributed by atoms with Crippen molar-refractivity contribution in [2.24, 2.45) is 7.05 Å². The van der Waals surface area contributed by atoms with Gasteiger partial charge in [-0.15, -0.1) is 0 Å². The number of halogens is 1. The number of benzene rings is 1. The van der Waals surface area contributed by atoms with Crippen molar-refractivity contribution in [1.29, 1.82) is 0 Å². The third kappa shape index (κ3) is 3.51. The monoisotopic (exact) mass is 306 g/mol. The molecule has 0 aliphatic heterocycles. The SMILES string of the molecule is CCOCCCNC(=O)c1cn(C)c2ccc(F)cc2c1=O. The number of nitrogens with zero attached hydrogens (tertiary/aromatic N) is 1. The Morgan fingerprint density at radius 3 is 2.91 bits per heavy atom. The molecule has 118 valence electrons. The fraction of sp³-hybridized carbons (Fsp3) is 0.375. The van der Waals surface area contributed by atoms with Crippen molar-refractivity contribution in [3.05, 3.63) is 46.0 Å². The van der Waals surface area contributed by atoms with Gasteiger partial charge < -0.3 is 14.6 Å². The Kier molecular flexibility index (Phi) is 5.27. The molecule has 1 aromatic heterocycles. The molecule has 1 heterocycles. The predicted octanol–water partition coefficient (Wildman–Crippen LogP) is 1.83. The summed E-state index contributed by atoms with van der Waals surface area (Å²) in [6.07, 6.45) is 2.14. The minimum Gasteiger partial charge on any atom is -0.382 e. The highest BCUT2D eigenvalue weighted by Crippen LogP contribution is 2.12. The molecule has 0 unspecified atom stereocenters. The van der Waals surface area contributed by atoms with E-state index in [1.807, 2.05) is 6.92 Å². The zero-order chi connectivity index (χ0) is 16.1. The summed E-state index contributed by atoms with van der Waals surface area (Å²) in [4.78, 5) is 24.5. The summed E-state index contributed by atoms with van der Waals surface area (Å²) in [5, 5.41) is 2.88. The van der Waals surface area contributed by atoms with Gasteiger partial charge in [-0.3, -0.25) is 9.59 Å². The van der Waals surface area contributed by atoms with E-state index in [2.05, 4.69) is 5.32 Å².